The average Bonchev–Trinajstić information content (AvgIpc) is 2.81. The van der Waals surface area contributed by atoms with Gasteiger partial charge in [-0.15, -0.1) is 0 Å². The number of benzene rings is 1. The van der Waals surface area contributed by atoms with Crippen LogP contribution in [0.15, 0.2) is 24.3 Å². The molecule has 0 unspecified atom stereocenters. The number of hydroxylamine groups is 1. The van der Waals surface area contributed by atoms with Gasteiger partial charge in [-0.3, -0.25) is 10.0 Å². The van der Waals surface area contributed by atoms with E-state index in [1.807, 2.05) is 7.05 Å². The average molecular weight is 467 g/mol. The van der Waals surface area contributed by atoms with Crippen molar-refractivity contribution >= 4 is 12.2 Å². The maximum absolute atomic E-state index is 10.3. The van der Waals surface area contributed by atoms with Crippen molar-refractivity contribution < 1.29 is 14.8 Å². The summed E-state index contributed by atoms with van der Waals surface area (Å²) in [6.45, 7) is 16.4. The fourth-order valence-corrected chi connectivity index (χ4v) is 2.60. The Morgan fingerprint density at radius 3 is 1.97 bits per heavy atom. The van der Waals surface area contributed by atoms with E-state index in [9.17, 15) is 9.59 Å². The molecule has 1 amide bonds. The van der Waals surface area contributed by atoms with E-state index in [-0.39, 0.29) is 11.8 Å². The van der Waals surface area contributed by atoms with Crippen LogP contribution >= 0.6 is 0 Å². The molecule has 0 aromatic heterocycles. The van der Waals surface area contributed by atoms with Gasteiger partial charge in [0.2, 0.25) is 5.91 Å². The highest BCUT2D eigenvalue weighted by atomic mass is 16.5. The number of hydrogen-bond donors (Lipinski definition) is 5. The number of unbranched alkanes of at least 4 members (excludes halogenated alkanes) is 3. The van der Waals surface area contributed by atoms with Crippen molar-refractivity contribution in [1.82, 2.24) is 21.4 Å². The quantitative estimate of drug-likeness (QED) is 0.123. The Kier molecular flexibility index (Phi) is 23.6. The molecule has 7 heteroatoms. The molecule has 0 bridgehead atoms. The van der Waals surface area contributed by atoms with E-state index < -0.39 is 5.91 Å². The molecule has 1 aromatic rings. The predicted octanol–water partition coefficient (Wildman–Crippen LogP) is 3.94. The molecule has 0 fully saturated rings. The number of amides is 1. The van der Waals surface area contributed by atoms with Crippen LogP contribution in [0.4, 0.5) is 0 Å². The van der Waals surface area contributed by atoms with E-state index in [4.69, 9.17) is 5.21 Å². The molecule has 1 aromatic carbocycles. The van der Waals surface area contributed by atoms with E-state index in [1.165, 1.54) is 29.4 Å². The van der Waals surface area contributed by atoms with Gasteiger partial charge in [-0.2, -0.15) is 0 Å². The van der Waals surface area contributed by atoms with E-state index >= 15 is 0 Å². The van der Waals surface area contributed by atoms with Crippen molar-refractivity contribution in [2.24, 2.45) is 0 Å². The lowest BCUT2D eigenvalue weighted by molar-refractivity contribution is -0.129. The Morgan fingerprint density at radius 2 is 1.52 bits per heavy atom. The Morgan fingerprint density at radius 1 is 0.939 bits per heavy atom. The summed E-state index contributed by atoms with van der Waals surface area (Å²) in [5.74, 6) is -0.397. The molecule has 0 aliphatic carbocycles. The van der Waals surface area contributed by atoms with Crippen molar-refractivity contribution in [3.8, 4) is 0 Å². The van der Waals surface area contributed by atoms with Gasteiger partial charge < -0.3 is 20.7 Å². The molecule has 0 aliphatic rings. The number of rotatable bonds is 14. The number of carbonyl (C=O) groups is 2. The van der Waals surface area contributed by atoms with Crippen LogP contribution in [0, 0.1) is 0 Å². The highest BCUT2D eigenvalue weighted by Gasteiger charge is 2.12. The summed E-state index contributed by atoms with van der Waals surface area (Å²) >= 11 is 0. The summed E-state index contributed by atoms with van der Waals surface area (Å²) in [6.07, 6.45) is 5.43. The fraction of sp³-hybridized carbons (Fsp3) is 0.692. The van der Waals surface area contributed by atoms with Gasteiger partial charge in [-0.25, -0.2) is 5.48 Å². The van der Waals surface area contributed by atoms with Crippen LogP contribution in [0.1, 0.15) is 84.3 Å². The predicted molar refractivity (Wildman–Crippen MR) is 139 cm³/mol. The third-order valence-corrected chi connectivity index (χ3v) is 4.81. The zero-order valence-electron chi connectivity index (χ0n) is 21.9. The first-order chi connectivity index (χ1) is 15.8. The maximum atomic E-state index is 10.3. The number of hydrogen-bond acceptors (Lipinski definition) is 6. The fourth-order valence-electron chi connectivity index (χ4n) is 2.60. The van der Waals surface area contributed by atoms with E-state index in [2.05, 4.69) is 74.8 Å². The van der Waals surface area contributed by atoms with Gasteiger partial charge in [0, 0.05) is 19.4 Å². The molecule has 0 saturated carbocycles. The number of aldehydes is 1. The minimum atomic E-state index is -0.397. The van der Waals surface area contributed by atoms with Crippen LogP contribution in [0.3, 0.4) is 0 Å². The smallest absolute Gasteiger partial charge is 0.243 e. The summed E-state index contributed by atoms with van der Waals surface area (Å²) in [7, 11) is 1.93. The highest BCUT2D eigenvalue weighted by molar-refractivity contribution is 5.74. The molecule has 0 atom stereocenters. The second kappa shape index (κ2) is 23.4. The first kappa shape index (κ1) is 33.4. The molecule has 0 radical (unpaired) electrons. The van der Waals surface area contributed by atoms with Gasteiger partial charge in [0.1, 0.15) is 6.29 Å². The Balaban J connectivity index is 0. The van der Waals surface area contributed by atoms with Gasteiger partial charge in [0.25, 0.3) is 0 Å². The summed E-state index contributed by atoms with van der Waals surface area (Å²) in [5.41, 5.74) is 4.54. The zero-order valence-corrected chi connectivity index (χ0v) is 21.9. The van der Waals surface area contributed by atoms with Gasteiger partial charge in [-0.05, 0) is 75.5 Å². The first-order valence-corrected chi connectivity index (χ1v) is 12.3. The normalized spacial score (nSPS) is 10.4. The SMILES string of the molecule is CCNC.CCNCCCCNCc1ccc(C(C)(C)C)cc1.O=CCCCCC(=O)NO. The molecule has 7 nitrogen and oxygen atoms in total. The molecule has 0 saturated heterocycles. The third-order valence-electron chi connectivity index (χ3n) is 4.81. The molecule has 192 valence electrons. The van der Waals surface area contributed by atoms with Gasteiger partial charge in [-0.1, -0.05) is 58.9 Å². The summed E-state index contributed by atoms with van der Waals surface area (Å²) in [6, 6.07) is 8.99. The number of nitrogens with one attached hydrogen (secondary N) is 4. The Hall–Kier alpha value is -1.80. The van der Waals surface area contributed by atoms with Crippen molar-refractivity contribution in [2.45, 2.75) is 85.1 Å². The minimum absolute atomic E-state index is 0.248. The third kappa shape index (κ3) is 23.2. The van der Waals surface area contributed by atoms with Crippen molar-refractivity contribution in [1.29, 1.82) is 0 Å². The van der Waals surface area contributed by atoms with Crippen LogP contribution in [0.25, 0.3) is 0 Å². The summed E-state index contributed by atoms with van der Waals surface area (Å²) in [4.78, 5) is 20.1. The van der Waals surface area contributed by atoms with Crippen LogP contribution < -0.4 is 21.4 Å². The topological polar surface area (TPSA) is 102 Å². The maximum Gasteiger partial charge on any atom is 0.243 e. The van der Waals surface area contributed by atoms with Crippen molar-refractivity contribution in [3.63, 3.8) is 0 Å². The second-order valence-electron chi connectivity index (χ2n) is 8.84. The minimum Gasteiger partial charge on any atom is -0.320 e. The van der Waals surface area contributed by atoms with Crippen LogP contribution in [0.2, 0.25) is 0 Å². The highest BCUT2D eigenvalue weighted by Crippen LogP contribution is 2.22. The molecular weight excluding hydrogens is 416 g/mol. The lowest BCUT2D eigenvalue weighted by Crippen LogP contribution is -2.18. The van der Waals surface area contributed by atoms with Gasteiger partial charge in [0.15, 0.2) is 0 Å². The molecule has 0 aliphatic heterocycles. The summed E-state index contributed by atoms with van der Waals surface area (Å²) in [5, 5.41) is 17.8. The van der Waals surface area contributed by atoms with Gasteiger partial charge in [0.05, 0.1) is 0 Å². The van der Waals surface area contributed by atoms with Gasteiger partial charge >= 0.3 is 0 Å². The molecular formula is C26H50N4O3. The van der Waals surface area contributed by atoms with Crippen LogP contribution in [-0.2, 0) is 21.5 Å². The van der Waals surface area contributed by atoms with Crippen LogP contribution in [0.5, 0.6) is 0 Å². The van der Waals surface area contributed by atoms with E-state index in [1.54, 1.807) is 0 Å². The second-order valence-corrected chi connectivity index (χ2v) is 8.84. The first-order valence-electron chi connectivity index (χ1n) is 12.3. The van der Waals surface area contributed by atoms with Crippen molar-refractivity contribution in [3.05, 3.63) is 35.4 Å². The monoisotopic (exact) mass is 466 g/mol. The lowest BCUT2D eigenvalue weighted by Gasteiger charge is -2.19. The zero-order chi connectivity index (χ0) is 25.4. The largest absolute Gasteiger partial charge is 0.320 e. The number of carbonyl (C=O) groups excluding carboxylic acids is 2. The standard InChI is InChI=1S/C17H30N2.C6H11NO3.C3H9N/c1-5-18-12-6-7-13-19-14-15-8-10-16(11-9-15)17(2,3)4;8-5-3-1-2-4-6(9)7-10;1-3-4-2/h8-11,18-19H,5-7,12-14H2,1-4H3;5,10H,1-4H2,(H,7,9);4H,3H2,1-2H3. The van der Waals surface area contributed by atoms with Crippen molar-refractivity contribution in [2.75, 3.05) is 33.2 Å². The molecule has 33 heavy (non-hydrogen) atoms. The molecule has 0 heterocycles. The Bertz CT molecular complexity index is 570. The van der Waals surface area contributed by atoms with E-state index in [0.29, 0.717) is 19.3 Å². The van der Waals surface area contributed by atoms with E-state index in [0.717, 1.165) is 39.0 Å². The van der Waals surface area contributed by atoms with Crippen LogP contribution in [-0.4, -0.2) is 50.6 Å². The Labute approximate surface area is 202 Å². The molecule has 1 rings (SSSR count). The molecule has 0 spiro atoms. The molecule has 5 N–H and O–H groups in total. The lowest BCUT2D eigenvalue weighted by atomic mass is 9.87. The summed E-state index contributed by atoms with van der Waals surface area (Å²) < 4.78 is 0.